The molecule has 2 fully saturated rings. The van der Waals surface area contributed by atoms with Gasteiger partial charge < -0.3 is 10.5 Å². The summed E-state index contributed by atoms with van der Waals surface area (Å²) in [6, 6.07) is 0.775. The van der Waals surface area contributed by atoms with E-state index in [2.05, 4.69) is 4.90 Å². The molecular weight excluding hydrogens is 176 g/mol. The fourth-order valence-corrected chi connectivity index (χ4v) is 2.85. The molecule has 1 aliphatic carbocycles. The lowest BCUT2D eigenvalue weighted by Gasteiger charge is -2.23. The zero-order valence-electron chi connectivity index (χ0n) is 9.11. The van der Waals surface area contributed by atoms with Crippen molar-refractivity contribution in [3.63, 3.8) is 0 Å². The highest BCUT2D eigenvalue weighted by Crippen LogP contribution is 2.29. The van der Waals surface area contributed by atoms with Crippen molar-refractivity contribution in [3.8, 4) is 0 Å². The summed E-state index contributed by atoms with van der Waals surface area (Å²) in [4.78, 5) is 2.62. The molecule has 0 spiro atoms. The number of nitrogens with two attached hydrogens (primary N) is 1. The Kier molecular flexibility index (Phi) is 3.42. The summed E-state index contributed by atoms with van der Waals surface area (Å²) in [6.07, 6.45) is 5.59. The van der Waals surface area contributed by atoms with Gasteiger partial charge in [0.05, 0.1) is 6.10 Å². The van der Waals surface area contributed by atoms with Crippen LogP contribution in [0.1, 0.15) is 25.7 Å². The number of ether oxygens (including phenoxy) is 1. The Morgan fingerprint density at radius 1 is 1.36 bits per heavy atom. The van der Waals surface area contributed by atoms with Crippen LogP contribution in [0.25, 0.3) is 0 Å². The fourth-order valence-electron chi connectivity index (χ4n) is 2.85. The van der Waals surface area contributed by atoms with Gasteiger partial charge in [0.15, 0.2) is 0 Å². The summed E-state index contributed by atoms with van der Waals surface area (Å²) in [5.41, 5.74) is 5.70. The molecule has 0 bridgehead atoms. The van der Waals surface area contributed by atoms with Crippen LogP contribution < -0.4 is 5.73 Å². The van der Waals surface area contributed by atoms with Gasteiger partial charge in [0, 0.05) is 19.7 Å². The Morgan fingerprint density at radius 3 is 2.79 bits per heavy atom. The lowest BCUT2D eigenvalue weighted by Crippen LogP contribution is -2.32. The first-order valence-electron chi connectivity index (χ1n) is 5.80. The van der Waals surface area contributed by atoms with Crippen LogP contribution in [-0.4, -0.2) is 43.8 Å². The van der Waals surface area contributed by atoms with Crippen molar-refractivity contribution in [2.45, 2.75) is 37.8 Å². The predicted octanol–water partition coefficient (Wildman–Crippen LogP) is 0.834. The molecule has 0 radical (unpaired) electrons. The van der Waals surface area contributed by atoms with Gasteiger partial charge in [0.2, 0.25) is 0 Å². The van der Waals surface area contributed by atoms with Crippen LogP contribution in [0, 0.1) is 5.92 Å². The summed E-state index contributed by atoms with van der Waals surface area (Å²) in [6.45, 7) is 3.33. The SMILES string of the molecule is COC1CCC(N2CCC(CN)C2)C1. The van der Waals surface area contributed by atoms with Crippen molar-refractivity contribution in [1.29, 1.82) is 0 Å². The summed E-state index contributed by atoms with van der Waals surface area (Å²) >= 11 is 0. The predicted molar refractivity (Wildman–Crippen MR) is 57.2 cm³/mol. The zero-order valence-corrected chi connectivity index (χ0v) is 9.11. The van der Waals surface area contributed by atoms with E-state index in [-0.39, 0.29) is 0 Å². The van der Waals surface area contributed by atoms with E-state index in [0.29, 0.717) is 6.10 Å². The molecule has 0 aromatic carbocycles. The second-order valence-electron chi connectivity index (χ2n) is 4.71. The highest BCUT2D eigenvalue weighted by Gasteiger charge is 2.33. The van der Waals surface area contributed by atoms with Crippen LogP contribution in [0.15, 0.2) is 0 Å². The molecular formula is C11H22N2O. The third-order valence-electron chi connectivity index (χ3n) is 3.86. The molecule has 1 heterocycles. The Bertz CT molecular complexity index is 166. The van der Waals surface area contributed by atoms with E-state index in [4.69, 9.17) is 10.5 Å². The average molecular weight is 198 g/mol. The largest absolute Gasteiger partial charge is 0.381 e. The van der Waals surface area contributed by atoms with E-state index in [0.717, 1.165) is 18.5 Å². The minimum absolute atomic E-state index is 0.511. The van der Waals surface area contributed by atoms with Crippen molar-refractivity contribution in [2.24, 2.45) is 11.7 Å². The quantitative estimate of drug-likeness (QED) is 0.730. The monoisotopic (exact) mass is 198 g/mol. The van der Waals surface area contributed by atoms with Crippen molar-refractivity contribution in [2.75, 3.05) is 26.7 Å². The van der Waals surface area contributed by atoms with Crippen LogP contribution >= 0.6 is 0 Å². The Labute approximate surface area is 86.6 Å². The van der Waals surface area contributed by atoms with Gasteiger partial charge in [0.1, 0.15) is 0 Å². The summed E-state index contributed by atoms with van der Waals surface area (Å²) in [5.74, 6) is 0.747. The third kappa shape index (κ3) is 2.10. The zero-order chi connectivity index (χ0) is 9.97. The standard InChI is InChI=1S/C11H22N2O/c1-14-11-3-2-10(6-11)13-5-4-9(7-12)8-13/h9-11H,2-8,12H2,1H3. The topological polar surface area (TPSA) is 38.5 Å². The molecule has 1 aliphatic heterocycles. The van der Waals surface area contributed by atoms with Gasteiger partial charge in [-0.1, -0.05) is 0 Å². The number of hydrogen-bond acceptors (Lipinski definition) is 3. The van der Waals surface area contributed by atoms with Gasteiger partial charge >= 0.3 is 0 Å². The lowest BCUT2D eigenvalue weighted by molar-refractivity contribution is 0.0993. The van der Waals surface area contributed by atoms with Gasteiger partial charge in [-0.3, -0.25) is 4.90 Å². The molecule has 14 heavy (non-hydrogen) atoms. The van der Waals surface area contributed by atoms with Crippen LogP contribution in [-0.2, 0) is 4.74 Å². The molecule has 2 N–H and O–H groups in total. The fraction of sp³-hybridized carbons (Fsp3) is 1.00. The van der Waals surface area contributed by atoms with Crippen molar-refractivity contribution < 1.29 is 4.74 Å². The van der Waals surface area contributed by atoms with Crippen LogP contribution in [0.3, 0.4) is 0 Å². The van der Waals surface area contributed by atoms with E-state index in [9.17, 15) is 0 Å². The first kappa shape index (κ1) is 10.4. The molecule has 3 nitrogen and oxygen atoms in total. The summed E-state index contributed by atoms with van der Waals surface area (Å²) < 4.78 is 5.40. The molecule has 82 valence electrons. The maximum atomic E-state index is 5.70. The highest BCUT2D eigenvalue weighted by molar-refractivity contribution is 4.88. The van der Waals surface area contributed by atoms with Crippen molar-refractivity contribution >= 4 is 0 Å². The molecule has 0 amide bonds. The van der Waals surface area contributed by atoms with E-state index in [1.54, 1.807) is 0 Å². The van der Waals surface area contributed by atoms with Crippen LogP contribution in [0.4, 0.5) is 0 Å². The third-order valence-corrected chi connectivity index (χ3v) is 3.86. The molecule has 3 atom stereocenters. The number of rotatable bonds is 3. The lowest BCUT2D eigenvalue weighted by atomic mass is 10.1. The molecule has 2 rings (SSSR count). The molecule has 1 saturated heterocycles. The van der Waals surface area contributed by atoms with E-state index >= 15 is 0 Å². The van der Waals surface area contributed by atoms with Gasteiger partial charge in [-0.2, -0.15) is 0 Å². The maximum absolute atomic E-state index is 5.70. The minimum atomic E-state index is 0.511. The highest BCUT2D eigenvalue weighted by atomic mass is 16.5. The Hall–Kier alpha value is -0.120. The number of hydrogen-bond donors (Lipinski definition) is 1. The van der Waals surface area contributed by atoms with Crippen molar-refractivity contribution in [1.82, 2.24) is 4.90 Å². The van der Waals surface area contributed by atoms with E-state index in [1.807, 2.05) is 7.11 Å². The second kappa shape index (κ2) is 4.60. The maximum Gasteiger partial charge on any atom is 0.0586 e. The first-order valence-corrected chi connectivity index (χ1v) is 5.80. The molecule has 0 aromatic rings. The molecule has 2 aliphatic rings. The molecule has 3 heteroatoms. The minimum Gasteiger partial charge on any atom is -0.381 e. The smallest absolute Gasteiger partial charge is 0.0586 e. The van der Waals surface area contributed by atoms with E-state index in [1.165, 1.54) is 38.8 Å². The normalized spacial score (nSPS) is 39.4. The van der Waals surface area contributed by atoms with Gasteiger partial charge in [-0.05, 0) is 44.7 Å². The van der Waals surface area contributed by atoms with Gasteiger partial charge in [0.25, 0.3) is 0 Å². The van der Waals surface area contributed by atoms with Crippen molar-refractivity contribution in [3.05, 3.63) is 0 Å². The number of likely N-dealkylation sites (tertiary alicyclic amines) is 1. The Balaban J connectivity index is 1.80. The van der Waals surface area contributed by atoms with Crippen LogP contribution in [0.5, 0.6) is 0 Å². The Morgan fingerprint density at radius 2 is 2.21 bits per heavy atom. The summed E-state index contributed by atoms with van der Waals surface area (Å²) in [5, 5.41) is 0. The molecule has 3 unspecified atom stereocenters. The molecule has 1 saturated carbocycles. The molecule has 0 aromatic heterocycles. The first-order chi connectivity index (χ1) is 6.83. The number of methoxy groups -OCH3 is 1. The number of nitrogens with zero attached hydrogens (tertiary/aromatic N) is 1. The van der Waals surface area contributed by atoms with Gasteiger partial charge in [-0.25, -0.2) is 0 Å². The summed E-state index contributed by atoms with van der Waals surface area (Å²) in [7, 11) is 1.83. The second-order valence-corrected chi connectivity index (χ2v) is 4.71. The average Bonchev–Trinajstić information content (AvgIpc) is 2.86. The van der Waals surface area contributed by atoms with E-state index < -0.39 is 0 Å². The van der Waals surface area contributed by atoms with Gasteiger partial charge in [-0.15, -0.1) is 0 Å². The van der Waals surface area contributed by atoms with Crippen LogP contribution in [0.2, 0.25) is 0 Å².